The van der Waals surface area contributed by atoms with Gasteiger partial charge in [-0.3, -0.25) is 4.99 Å². The van der Waals surface area contributed by atoms with Crippen LogP contribution in [0, 0.1) is 0 Å². The van der Waals surface area contributed by atoms with Crippen LogP contribution in [0.2, 0.25) is 0 Å². The van der Waals surface area contributed by atoms with E-state index >= 15 is 0 Å². The van der Waals surface area contributed by atoms with Crippen LogP contribution in [-0.2, 0) is 0 Å². The molecule has 1 aromatic rings. The van der Waals surface area contributed by atoms with E-state index < -0.39 is 18.8 Å². The Balaban J connectivity index is 2.02. The van der Waals surface area contributed by atoms with Crippen LogP contribution in [0.25, 0.3) is 0 Å². The first kappa shape index (κ1) is 14.2. The number of fused-ring (bicyclic) bond motifs is 1. The van der Waals surface area contributed by atoms with Gasteiger partial charge in [0.1, 0.15) is 12.5 Å². The summed E-state index contributed by atoms with van der Waals surface area (Å²) < 4.78 is 0. The van der Waals surface area contributed by atoms with Gasteiger partial charge in [0.15, 0.2) is 6.35 Å². The van der Waals surface area contributed by atoms with Crippen molar-refractivity contribution in [3.63, 3.8) is 0 Å². The lowest BCUT2D eigenvalue weighted by Gasteiger charge is -2.45. The predicted molar refractivity (Wildman–Crippen MR) is 78.8 cm³/mol. The van der Waals surface area contributed by atoms with Gasteiger partial charge in [-0.15, -0.1) is 0 Å². The van der Waals surface area contributed by atoms with E-state index in [-0.39, 0.29) is 0 Å². The molecule has 112 valence electrons. The smallest absolute Gasteiger partial charge is 0.169 e. The van der Waals surface area contributed by atoms with E-state index in [1.54, 1.807) is 20.3 Å². The van der Waals surface area contributed by atoms with Crippen molar-refractivity contribution in [1.29, 1.82) is 0 Å². The molecule has 4 N–H and O–H groups in total. The number of nitrogens with one attached hydrogen (secondary N) is 1. The third kappa shape index (κ3) is 2.25. The highest BCUT2D eigenvalue weighted by molar-refractivity contribution is 5.93. The minimum atomic E-state index is -1.11. The summed E-state index contributed by atoms with van der Waals surface area (Å²) in [5.74, 6) is 0. The number of rotatable bonds is 0. The minimum absolute atomic E-state index is 0.351. The fourth-order valence-electron chi connectivity index (χ4n) is 2.54. The van der Waals surface area contributed by atoms with E-state index in [0.717, 1.165) is 11.4 Å². The molecular weight excluding hydrogens is 272 g/mol. The highest BCUT2D eigenvalue weighted by Gasteiger charge is 2.40. The van der Waals surface area contributed by atoms with Gasteiger partial charge in [-0.25, -0.2) is 9.80 Å². The number of benzene rings is 1. The fourth-order valence-corrected chi connectivity index (χ4v) is 2.54. The van der Waals surface area contributed by atoms with Crippen molar-refractivity contribution >= 4 is 17.6 Å². The lowest BCUT2D eigenvalue weighted by molar-refractivity contribution is -0.212. The quantitative estimate of drug-likeness (QED) is 0.531. The Morgan fingerprint density at radius 2 is 1.67 bits per heavy atom. The number of hydrogen-bond acceptors (Lipinski definition) is 7. The Labute approximate surface area is 122 Å². The monoisotopic (exact) mass is 290 g/mol. The Morgan fingerprint density at radius 3 is 2.33 bits per heavy atom. The molecule has 1 saturated heterocycles. The highest BCUT2D eigenvalue weighted by atomic mass is 16.4. The molecule has 2 aliphatic heterocycles. The lowest BCUT2D eigenvalue weighted by Crippen LogP contribution is -2.61. The maximum atomic E-state index is 10.3. The molecule has 7 heteroatoms. The molecule has 2 unspecified atom stereocenters. The molecule has 2 aliphatic rings. The standard InChI is InChI=1S/C14H18N4O3/c1-17-12(19)11(13(20)18(2)14(17)21)10-7-15-8-5-3-4-6-9(8)16-10/h3-7,12-14,16,19-21H,1-2H3. The van der Waals surface area contributed by atoms with E-state index in [9.17, 15) is 15.3 Å². The van der Waals surface area contributed by atoms with Gasteiger partial charge in [0, 0.05) is 5.57 Å². The molecule has 2 atom stereocenters. The van der Waals surface area contributed by atoms with E-state index in [2.05, 4.69) is 10.3 Å². The Morgan fingerprint density at radius 1 is 1.05 bits per heavy atom. The number of hydrogen-bond donors (Lipinski definition) is 4. The van der Waals surface area contributed by atoms with E-state index in [1.165, 1.54) is 9.80 Å². The normalized spacial score (nSPS) is 30.2. The molecule has 7 nitrogen and oxygen atoms in total. The summed E-state index contributed by atoms with van der Waals surface area (Å²) in [4.78, 5) is 7.03. The molecule has 0 spiro atoms. The second-order valence-corrected chi connectivity index (χ2v) is 5.19. The highest BCUT2D eigenvalue weighted by Crippen LogP contribution is 2.32. The first-order valence-corrected chi connectivity index (χ1v) is 6.63. The molecular formula is C14H18N4O3. The molecule has 0 radical (unpaired) electrons. The van der Waals surface area contributed by atoms with Gasteiger partial charge in [0.2, 0.25) is 0 Å². The SMILES string of the molecule is CN1C(O)C(=C2C=Nc3ccccc3N2)C(O)N(C)C1O. The van der Waals surface area contributed by atoms with Crippen molar-refractivity contribution in [3.05, 3.63) is 35.5 Å². The zero-order valence-corrected chi connectivity index (χ0v) is 11.8. The molecule has 0 saturated carbocycles. The Hall–Kier alpha value is -1.77. The van der Waals surface area contributed by atoms with Crippen LogP contribution in [0.15, 0.2) is 40.5 Å². The summed E-state index contributed by atoms with van der Waals surface area (Å²) in [6, 6.07) is 7.51. The summed E-state index contributed by atoms with van der Waals surface area (Å²) >= 11 is 0. The fraction of sp³-hybridized carbons (Fsp3) is 0.357. The number of nitrogens with zero attached hydrogens (tertiary/aromatic N) is 3. The lowest BCUT2D eigenvalue weighted by atomic mass is 10.1. The van der Waals surface area contributed by atoms with Gasteiger partial charge >= 0.3 is 0 Å². The topological polar surface area (TPSA) is 91.6 Å². The molecule has 2 heterocycles. The summed E-state index contributed by atoms with van der Waals surface area (Å²) in [7, 11) is 3.15. The zero-order chi connectivity index (χ0) is 15.1. The maximum Gasteiger partial charge on any atom is 0.169 e. The largest absolute Gasteiger partial charge is 0.374 e. The molecule has 0 amide bonds. The Bertz CT molecular complexity index is 598. The second kappa shape index (κ2) is 5.21. The average molecular weight is 290 g/mol. The number of aliphatic hydroxyl groups is 3. The second-order valence-electron chi connectivity index (χ2n) is 5.19. The van der Waals surface area contributed by atoms with E-state index in [1.807, 2.05) is 24.3 Å². The van der Waals surface area contributed by atoms with Crippen LogP contribution < -0.4 is 5.32 Å². The van der Waals surface area contributed by atoms with Gasteiger partial charge in [-0.2, -0.15) is 0 Å². The van der Waals surface area contributed by atoms with Crippen LogP contribution in [0.3, 0.4) is 0 Å². The summed E-state index contributed by atoms with van der Waals surface area (Å²) in [5.41, 5.74) is 2.48. The third-order valence-corrected chi connectivity index (χ3v) is 3.87. The van der Waals surface area contributed by atoms with Crippen molar-refractivity contribution in [3.8, 4) is 0 Å². The summed E-state index contributed by atoms with van der Waals surface area (Å²) in [6.45, 7) is 0. The molecule has 3 rings (SSSR count). The van der Waals surface area contributed by atoms with Crippen LogP contribution >= 0.6 is 0 Å². The van der Waals surface area contributed by atoms with Crippen LogP contribution in [0.4, 0.5) is 11.4 Å². The van der Waals surface area contributed by atoms with Gasteiger partial charge < -0.3 is 20.6 Å². The van der Waals surface area contributed by atoms with Gasteiger partial charge in [0.05, 0.1) is 23.3 Å². The number of anilines is 1. The minimum Gasteiger partial charge on any atom is -0.374 e. The van der Waals surface area contributed by atoms with Crippen molar-refractivity contribution in [2.45, 2.75) is 18.8 Å². The first-order valence-electron chi connectivity index (χ1n) is 6.63. The number of likely N-dealkylation sites (N-methyl/N-ethyl adjacent to an activating group) is 2. The first-order chi connectivity index (χ1) is 10.0. The van der Waals surface area contributed by atoms with Crippen molar-refractivity contribution < 1.29 is 15.3 Å². The van der Waals surface area contributed by atoms with E-state index in [0.29, 0.717) is 11.3 Å². The van der Waals surface area contributed by atoms with E-state index in [4.69, 9.17) is 0 Å². The van der Waals surface area contributed by atoms with Crippen molar-refractivity contribution in [2.24, 2.45) is 4.99 Å². The van der Waals surface area contributed by atoms with Crippen LogP contribution in [0.5, 0.6) is 0 Å². The van der Waals surface area contributed by atoms with Gasteiger partial charge in [-0.1, -0.05) is 12.1 Å². The van der Waals surface area contributed by atoms with Gasteiger partial charge in [-0.05, 0) is 26.2 Å². The number of aliphatic imine (C=N–C) groups is 1. The van der Waals surface area contributed by atoms with Crippen molar-refractivity contribution in [1.82, 2.24) is 9.80 Å². The molecule has 1 aromatic carbocycles. The predicted octanol–water partition coefficient (Wildman–Crippen LogP) is -0.142. The Kier molecular flexibility index (Phi) is 3.52. The molecule has 0 aromatic heterocycles. The molecule has 0 bridgehead atoms. The molecule has 21 heavy (non-hydrogen) atoms. The third-order valence-electron chi connectivity index (χ3n) is 3.87. The molecule has 0 aliphatic carbocycles. The average Bonchev–Trinajstić information content (AvgIpc) is 2.51. The number of aliphatic hydroxyl groups excluding tert-OH is 3. The van der Waals surface area contributed by atoms with Gasteiger partial charge in [0.25, 0.3) is 0 Å². The maximum absolute atomic E-state index is 10.3. The van der Waals surface area contributed by atoms with Crippen LogP contribution in [-0.4, -0.2) is 64.2 Å². The van der Waals surface area contributed by atoms with Crippen molar-refractivity contribution in [2.75, 3.05) is 19.4 Å². The molecule has 1 fully saturated rings. The summed E-state index contributed by atoms with van der Waals surface area (Å²) in [6.07, 6.45) is -1.70. The zero-order valence-electron chi connectivity index (χ0n) is 11.8. The number of para-hydroxylation sites is 2. The van der Waals surface area contributed by atoms with Crippen LogP contribution in [0.1, 0.15) is 0 Å². The summed E-state index contributed by atoms with van der Waals surface area (Å²) in [5, 5.41) is 33.7. The number of allylic oxidation sites excluding steroid dienone is 1.